The number of ether oxygens (including phenoxy) is 1. The van der Waals surface area contributed by atoms with Crippen LogP contribution in [-0.2, 0) is 4.74 Å². The van der Waals surface area contributed by atoms with E-state index in [1.54, 1.807) is 18.2 Å². The van der Waals surface area contributed by atoms with Gasteiger partial charge in [-0.2, -0.15) is 0 Å². The number of aryl methyl sites for hydroxylation is 1. The summed E-state index contributed by atoms with van der Waals surface area (Å²) in [5.41, 5.74) is 3.86. The van der Waals surface area contributed by atoms with E-state index in [1.807, 2.05) is 25.1 Å². The number of phenolic OH excluding ortho intramolecular Hbond substituents is 1. The number of piperidine rings is 1. The van der Waals surface area contributed by atoms with E-state index < -0.39 is 0 Å². The first kappa shape index (κ1) is 20.8. The van der Waals surface area contributed by atoms with E-state index in [0.717, 1.165) is 61.7 Å². The third-order valence-corrected chi connectivity index (χ3v) is 6.36. The molecule has 0 saturated carbocycles. The van der Waals surface area contributed by atoms with Crippen LogP contribution in [0.25, 0.3) is 22.4 Å². The van der Waals surface area contributed by atoms with Gasteiger partial charge in [0.15, 0.2) is 0 Å². The molecule has 32 heavy (non-hydrogen) atoms. The number of nitrogens with one attached hydrogen (secondary N) is 1. The molecule has 2 saturated heterocycles. The fraction of sp³-hybridized carbons (Fsp3) is 0.360. The van der Waals surface area contributed by atoms with Gasteiger partial charge in [-0.1, -0.05) is 18.2 Å². The van der Waals surface area contributed by atoms with Gasteiger partial charge in [0.25, 0.3) is 0 Å². The maximum Gasteiger partial charge on any atom is 0.149 e. The summed E-state index contributed by atoms with van der Waals surface area (Å²) < 4.78 is 18.5. The van der Waals surface area contributed by atoms with Crippen molar-refractivity contribution in [3.05, 3.63) is 59.9 Å². The Morgan fingerprint density at radius 3 is 2.53 bits per heavy atom. The van der Waals surface area contributed by atoms with E-state index in [4.69, 9.17) is 4.74 Å². The summed E-state index contributed by atoms with van der Waals surface area (Å²) in [6.45, 7) is 5.76. The van der Waals surface area contributed by atoms with Crippen molar-refractivity contribution >= 4 is 5.82 Å². The molecule has 1 aromatic heterocycles. The highest BCUT2D eigenvalue weighted by atomic mass is 19.1. The average Bonchev–Trinajstić information content (AvgIpc) is 2.74. The Kier molecular flexibility index (Phi) is 5.76. The summed E-state index contributed by atoms with van der Waals surface area (Å²) in [7, 11) is 0. The van der Waals surface area contributed by atoms with Gasteiger partial charge in [-0.15, -0.1) is 10.2 Å². The lowest BCUT2D eigenvalue weighted by Gasteiger charge is -2.42. The molecule has 6 nitrogen and oxygen atoms in total. The molecule has 2 fully saturated rings. The Hall–Kier alpha value is -3.03. The van der Waals surface area contributed by atoms with Crippen molar-refractivity contribution < 1.29 is 14.2 Å². The van der Waals surface area contributed by atoms with Crippen molar-refractivity contribution in [3.63, 3.8) is 0 Å². The molecule has 3 heterocycles. The maximum atomic E-state index is 13.2. The van der Waals surface area contributed by atoms with E-state index in [0.29, 0.717) is 23.3 Å². The molecule has 0 radical (unpaired) electrons. The number of likely N-dealkylation sites (tertiary alicyclic amines) is 1. The third-order valence-electron chi connectivity index (χ3n) is 6.36. The van der Waals surface area contributed by atoms with Crippen LogP contribution < -0.4 is 5.32 Å². The van der Waals surface area contributed by atoms with Crippen molar-refractivity contribution in [1.82, 2.24) is 15.1 Å². The number of nitrogens with zero attached hydrogens (tertiary/aromatic N) is 3. The summed E-state index contributed by atoms with van der Waals surface area (Å²) in [6.07, 6.45) is 2.27. The Labute approximate surface area is 187 Å². The number of phenols is 1. The first-order valence-electron chi connectivity index (χ1n) is 11.1. The fourth-order valence-electron chi connectivity index (χ4n) is 4.47. The highest BCUT2D eigenvalue weighted by molar-refractivity contribution is 5.75. The van der Waals surface area contributed by atoms with Crippen LogP contribution in [-0.4, -0.2) is 58.6 Å². The standard InChI is InChI=1S/C25H27FN4O2/c1-16-11-24(27-20-3-2-10-30(13-20)21-14-32-15-21)28-29-25(16)22-9-6-18(12-23(22)31)17-4-7-19(26)8-5-17/h4-9,11-12,20-21,31H,2-3,10,13-15H2,1H3,(H,27,28)/t20-/m1/s1. The quantitative estimate of drug-likeness (QED) is 0.626. The van der Waals surface area contributed by atoms with Crippen molar-refractivity contribution in [2.24, 2.45) is 0 Å². The Balaban J connectivity index is 1.31. The van der Waals surface area contributed by atoms with Crippen molar-refractivity contribution in [2.75, 3.05) is 31.6 Å². The van der Waals surface area contributed by atoms with E-state index >= 15 is 0 Å². The Morgan fingerprint density at radius 1 is 1.06 bits per heavy atom. The molecule has 2 N–H and O–H groups in total. The van der Waals surface area contributed by atoms with Crippen molar-refractivity contribution in [3.8, 4) is 28.1 Å². The molecule has 2 aromatic carbocycles. The lowest BCUT2D eigenvalue weighted by Crippen LogP contribution is -2.54. The highest BCUT2D eigenvalue weighted by Crippen LogP contribution is 2.34. The lowest BCUT2D eigenvalue weighted by atomic mass is 10.00. The minimum atomic E-state index is -0.285. The van der Waals surface area contributed by atoms with Crippen LogP contribution >= 0.6 is 0 Å². The van der Waals surface area contributed by atoms with Gasteiger partial charge < -0.3 is 15.2 Å². The average molecular weight is 435 g/mol. The molecule has 2 aliphatic rings. The fourth-order valence-corrected chi connectivity index (χ4v) is 4.47. The molecule has 3 aromatic rings. The lowest BCUT2D eigenvalue weighted by molar-refractivity contribution is -0.0710. The van der Waals surface area contributed by atoms with E-state index in [1.165, 1.54) is 12.1 Å². The van der Waals surface area contributed by atoms with Gasteiger partial charge >= 0.3 is 0 Å². The largest absolute Gasteiger partial charge is 0.507 e. The first-order valence-corrected chi connectivity index (χ1v) is 11.1. The number of aromatic nitrogens is 2. The minimum absolute atomic E-state index is 0.121. The molecule has 0 unspecified atom stereocenters. The first-order chi connectivity index (χ1) is 15.6. The van der Waals surface area contributed by atoms with Gasteiger partial charge in [0.05, 0.1) is 24.9 Å². The molecule has 2 aliphatic heterocycles. The monoisotopic (exact) mass is 434 g/mol. The second kappa shape index (κ2) is 8.84. The van der Waals surface area contributed by atoms with Crippen LogP contribution in [0.2, 0.25) is 0 Å². The van der Waals surface area contributed by atoms with E-state index in [-0.39, 0.29) is 11.6 Å². The SMILES string of the molecule is Cc1cc(N[C@@H]2CCCN(C3COC3)C2)nnc1-c1ccc(-c2ccc(F)cc2)cc1O. The molecule has 166 valence electrons. The van der Waals surface area contributed by atoms with E-state index in [2.05, 4.69) is 20.4 Å². The predicted molar refractivity (Wildman–Crippen MR) is 122 cm³/mol. The predicted octanol–water partition coefficient (Wildman–Crippen LogP) is 4.24. The van der Waals surface area contributed by atoms with Crippen LogP contribution in [0.15, 0.2) is 48.5 Å². The normalized spacial score (nSPS) is 19.5. The second-order valence-corrected chi connectivity index (χ2v) is 8.67. The molecule has 1 atom stereocenters. The number of hydrogen-bond acceptors (Lipinski definition) is 6. The van der Waals surface area contributed by atoms with E-state index in [9.17, 15) is 9.50 Å². The highest BCUT2D eigenvalue weighted by Gasteiger charge is 2.30. The second-order valence-electron chi connectivity index (χ2n) is 8.67. The molecular weight excluding hydrogens is 407 g/mol. The summed E-state index contributed by atoms with van der Waals surface area (Å²) >= 11 is 0. The molecule has 0 spiro atoms. The minimum Gasteiger partial charge on any atom is -0.507 e. The summed E-state index contributed by atoms with van der Waals surface area (Å²) in [4.78, 5) is 2.50. The number of aromatic hydroxyl groups is 1. The Bertz CT molecular complexity index is 1100. The zero-order valence-electron chi connectivity index (χ0n) is 18.1. The smallest absolute Gasteiger partial charge is 0.149 e. The van der Waals surface area contributed by atoms with Crippen LogP contribution in [0.5, 0.6) is 5.75 Å². The van der Waals surface area contributed by atoms with Gasteiger partial charge in [-0.3, -0.25) is 4.90 Å². The Morgan fingerprint density at radius 2 is 1.84 bits per heavy atom. The van der Waals surface area contributed by atoms with Crippen molar-refractivity contribution in [2.45, 2.75) is 31.8 Å². The number of anilines is 1. The molecule has 7 heteroatoms. The van der Waals surface area contributed by atoms with Crippen molar-refractivity contribution in [1.29, 1.82) is 0 Å². The summed E-state index contributed by atoms with van der Waals surface area (Å²) in [6, 6.07) is 14.5. The van der Waals surface area contributed by atoms with Gasteiger partial charge in [-0.25, -0.2) is 4.39 Å². The summed E-state index contributed by atoms with van der Waals surface area (Å²) in [5.74, 6) is 0.591. The molecule has 5 rings (SSSR count). The van der Waals surface area contributed by atoms with Gasteiger partial charge in [0.1, 0.15) is 17.4 Å². The zero-order valence-corrected chi connectivity index (χ0v) is 18.1. The third kappa shape index (κ3) is 4.31. The van der Waals surface area contributed by atoms with Crippen LogP contribution in [0.1, 0.15) is 18.4 Å². The van der Waals surface area contributed by atoms with Crippen LogP contribution in [0, 0.1) is 12.7 Å². The summed E-state index contributed by atoms with van der Waals surface area (Å²) in [5, 5.41) is 23.0. The number of rotatable bonds is 5. The van der Waals surface area contributed by atoms with Crippen LogP contribution in [0.3, 0.4) is 0 Å². The number of benzene rings is 2. The molecule has 0 aliphatic carbocycles. The number of hydrogen-bond donors (Lipinski definition) is 2. The molecule has 0 bridgehead atoms. The zero-order chi connectivity index (χ0) is 22.1. The topological polar surface area (TPSA) is 70.5 Å². The maximum absolute atomic E-state index is 13.2. The number of halogens is 1. The molecule has 0 amide bonds. The molecular formula is C25H27FN4O2. The van der Waals surface area contributed by atoms with Gasteiger partial charge in [0.2, 0.25) is 0 Å². The van der Waals surface area contributed by atoms with Gasteiger partial charge in [0, 0.05) is 18.2 Å². The van der Waals surface area contributed by atoms with Gasteiger partial charge in [-0.05, 0) is 73.3 Å². The van der Waals surface area contributed by atoms with Crippen LogP contribution in [0.4, 0.5) is 10.2 Å².